The third-order valence-electron chi connectivity index (χ3n) is 2.38. The van der Waals surface area contributed by atoms with Gasteiger partial charge in [-0.15, -0.1) is 0 Å². The lowest BCUT2D eigenvalue weighted by molar-refractivity contribution is 0.633. The van der Waals surface area contributed by atoms with E-state index in [0.29, 0.717) is 0 Å². The molecule has 0 unspecified atom stereocenters. The Morgan fingerprint density at radius 1 is 1.17 bits per heavy atom. The monoisotopic (exact) mass is 280 g/mol. The van der Waals surface area contributed by atoms with Crippen molar-refractivity contribution in [2.45, 2.75) is 33.2 Å². The van der Waals surface area contributed by atoms with E-state index in [1.807, 2.05) is 31.2 Å². The molecule has 0 spiro atoms. The van der Waals surface area contributed by atoms with Crippen LogP contribution in [-0.4, -0.2) is 10.5 Å². The second-order valence-corrected chi connectivity index (χ2v) is 6.75. The highest BCUT2D eigenvalue weighted by Crippen LogP contribution is 2.34. The van der Waals surface area contributed by atoms with E-state index in [0.717, 1.165) is 21.4 Å². The third-order valence-corrected chi connectivity index (χ3v) is 3.76. The van der Waals surface area contributed by atoms with Crippen molar-refractivity contribution in [2.24, 2.45) is 0 Å². The molecule has 1 heterocycles. The van der Waals surface area contributed by atoms with Gasteiger partial charge in [-0.3, -0.25) is 0 Å². The van der Waals surface area contributed by atoms with Gasteiger partial charge in [-0.2, -0.15) is 0 Å². The van der Waals surface area contributed by atoms with Gasteiger partial charge in [0.1, 0.15) is 0 Å². The number of rotatable bonds is 2. The number of aromatic nitrogens is 1. The molecule has 0 fully saturated rings. The van der Waals surface area contributed by atoms with Gasteiger partial charge in [0.15, 0.2) is 5.13 Å². The van der Waals surface area contributed by atoms with Gasteiger partial charge < -0.3 is 5.32 Å². The van der Waals surface area contributed by atoms with Crippen molar-refractivity contribution in [3.8, 4) is 10.4 Å². The Kier molecular flexibility index (Phi) is 3.64. The van der Waals surface area contributed by atoms with Crippen LogP contribution in [0.3, 0.4) is 0 Å². The van der Waals surface area contributed by atoms with E-state index in [-0.39, 0.29) is 5.54 Å². The molecule has 2 rings (SSSR count). The van der Waals surface area contributed by atoms with Crippen LogP contribution in [0.2, 0.25) is 5.02 Å². The van der Waals surface area contributed by atoms with Crippen molar-refractivity contribution in [1.82, 2.24) is 4.98 Å². The van der Waals surface area contributed by atoms with Crippen LogP contribution >= 0.6 is 22.9 Å². The molecule has 96 valence electrons. The molecule has 1 aromatic carbocycles. The molecule has 1 aromatic heterocycles. The molecule has 0 aliphatic carbocycles. The zero-order valence-electron chi connectivity index (χ0n) is 11.0. The maximum Gasteiger partial charge on any atom is 0.183 e. The quantitative estimate of drug-likeness (QED) is 0.839. The van der Waals surface area contributed by atoms with Gasteiger partial charge >= 0.3 is 0 Å². The molecular formula is C14H17ClN2S. The molecule has 0 radical (unpaired) electrons. The highest BCUT2D eigenvalue weighted by Gasteiger charge is 2.15. The lowest BCUT2D eigenvalue weighted by Gasteiger charge is -2.19. The van der Waals surface area contributed by atoms with Gasteiger partial charge in [-0.25, -0.2) is 4.98 Å². The normalized spacial score (nSPS) is 11.6. The number of hydrogen-bond donors (Lipinski definition) is 1. The van der Waals surface area contributed by atoms with Gasteiger partial charge in [-0.05, 0) is 45.4 Å². The summed E-state index contributed by atoms with van der Waals surface area (Å²) in [5, 5.41) is 5.13. The van der Waals surface area contributed by atoms with E-state index in [1.165, 1.54) is 4.88 Å². The number of anilines is 1. The summed E-state index contributed by atoms with van der Waals surface area (Å²) >= 11 is 7.59. The van der Waals surface area contributed by atoms with E-state index in [4.69, 9.17) is 11.6 Å². The third kappa shape index (κ3) is 3.24. The summed E-state index contributed by atoms with van der Waals surface area (Å²) in [6, 6.07) is 7.88. The fourth-order valence-electron chi connectivity index (χ4n) is 1.64. The Morgan fingerprint density at radius 3 is 2.33 bits per heavy atom. The predicted octanol–water partition coefficient (Wildman–Crippen LogP) is 4.98. The Balaban J connectivity index is 2.32. The van der Waals surface area contributed by atoms with E-state index >= 15 is 0 Å². The van der Waals surface area contributed by atoms with Crippen LogP contribution in [-0.2, 0) is 0 Å². The maximum atomic E-state index is 5.91. The zero-order chi connectivity index (χ0) is 13.3. The molecule has 2 aromatic rings. The van der Waals surface area contributed by atoms with Crippen LogP contribution in [0, 0.1) is 6.92 Å². The number of hydrogen-bond acceptors (Lipinski definition) is 3. The number of nitrogens with zero attached hydrogens (tertiary/aromatic N) is 1. The Labute approximate surface area is 117 Å². The minimum absolute atomic E-state index is 0.0293. The number of thiazole rings is 1. The van der Waals surface area contributed by atoms with E-state index < -0.39 is 0 Å². The Bertz CT molecular complexity index is 538. The second kappa shape index (κ2) is 4.90. The molecule has 0 saturated heterocycles. The number of aryl methyl sites for hydroxylation is 1. The summed E-state index contributed by atoms with van der Waals surface area (Å²) < 4.78 is 0. The fraction of sp³-hybridized carbons (Fsp3) is 0.357. The average Bonchev–Trinajstić information content (AvgIpc) is 2.58. The van der Waals surface area contributed by atoms with Crippen molar-refractivity contribution in [1.29, 1.82) is 0 Å². The molecule has 0 bridgehead atoms. The molecule has 0 amide bonds. The molecular weight excluding hydrogens is 264 g/mol. The van der Waals surface area contributed by atoms with E-state index in [9.17, 15) is 0 Å². The van der Waals surface area contributed by atoms with Gasteiger partial charge in [0.2, 0.25) is 0 Å². The van der Waals surface area contributed by atoms with Crippen LogP contribution < -0.4 is 5.32 Å². The van der Waals surface area contributed by atoms with Crippen molar-refractivity contribution in [2.75, 3.05) is 5.32 Å². The van der Waals surface area contributed by atoms with Crippen LogP contribution in [0.15, 0.2) is 24.3 Å². The average molecular weight is 281 g/mol. The summed E-state index contributed by atoms with van der Waals surface area (Å²) in [5.41, 5.74) is 2.24. The Hall–Kier alpha value is -1.06. The highest BCUT2D eigenvalue weighted by atomic mass is 35.5. The van der Waals surface area contributed by atoms with Gasteiger partial charge in [0.25, 0.3) is 0 Å². The summed E-state index contributed by atoms with van der Waals surface area (Å²) in [4.78, 5) is 5.76. The summed E-state index contributed by atoms with van der Waals surface area (Å²) in [7, 11) is 0. The number of halogens is 1. The summed E-state index contributed by atoms with van der Waals surface area (Å²) in [5.74, 6) is 0. The lowest BCUT2D eigenvalue weighted by Crippen LogP contribution is -2.25. The standard InChI is InChI=1S/C14H17ClN2S/c1-9-12(10-5-7-11(15)8-6-10)18-13(16-9)17-14(2,3)4/h5-8H,1-4H3,(H,16,17). The van der Waals surface area contributed by atoms with Gasteiger partial charge in [0, 0.05) is 10.6 Å². The lowest BCUT2D eigenvalue weighted by atomic mass is 10.1. The first-order valence-electron chi connectivity index (χ1n) is 5.87. The predicted molar refractivity (Wildman–Crippen MR) is 80.7 cm³/mol. The number of nitrogens with one attached hydrogen (secondary N) is 1. The van der Waals surface area contributed by atoms with Crippen LogP contribution in [0.5, 0.6) is 0 Å². The first kappa shape index (κ1) is 13.4. The van der Waals surface area contributed by atoms with Crippen molar-refractivity contribution >= 4 is 28.1 Å². The van der Waals surface area contributed by atoms with Crippen molar-refractivity contribution in [3.63, 3.8) is 0 Å². The van der Waals surface area contributed by atoms with E-state index in [1.54, 1.807) is 11.3 Å². The van der Waals surface area contributed by atoms with Gasteiger partial charge in [-0.1, -0.05) is 35.1 Å². The zero-order valence-corrected chi connectivity index (χ0v) is 12.6. The second-order valence-electron chi connectivity index (χ2n) is 5.32. The van der Waals surface area contributed by atoms with Crippen molar-refractivity contribution in [3.05, 3.63) is 35.0 Å². The van der Waals surface area contributed by atoms with E-state index in [2.05, 4.69) is 31.1 Å². The summed E-state index contributed by atoms with van der Waals surface area (Å²) in [6.45, 7) is 8.43. The molecule has 0 atom stereocenters. The summed E-state index contributed by atoms with van der Waals surface area (Å²) in [6.07, 6.45) is 0. The van der Waals surface area contributed by atoms with Crippen LogP contribution in [0.1, 0.15) is 26.5 Å². The topological polar surface area (TPSA) is 24.9 Å². The smallest absolute Gasteiger partial charge is 0.183 e. The molecule has 2 nitrogen and oxygen atoms in total. The highest BCUT2D eigenvalue weighted by molar-refractivity contribution is 7.19. The van der Waals surface area contributed by atoms with Crippen LogP contribution in [0.4, 0.5) is 5.13 Å². The minimum Gasteiger partial charge on any atom is -0.357 e. The van der Waals surface area contributed by atoms with Gasteiger partial charge in [0.05, 0.1) is 10.6 Å². The first-order valence-corrected chi connectivity index (χ1v) is 7.06. The molecule has 0 aliphatic rings. The molecule has 1 N–H and O–H groups in total. The van der Waals surface area contributed by atoms with Crippen LogP contribution in [0.25, 0.3) is 10.4 Å². The SMILES string of the molecule is Cc1nc(NC(C)(C)C)sc1-c1ccc(Cl)cc1. The molecule has 4 heteroatoms. The molecule has 0 saturated carbocycles. The van der Waals surface area contributed by atoms with Crippen molar-refractivity contribution < 1.29 is 0 Å². The minimum atomic E-state index is 0.0293. The Morgan fingerprint density at radius 2 is 1.78 bits per heavy atom. The largest absolute Gasteiger partial charge is 0.357 e. The first-order chi connectivity index (χ1) is 8.35. The maximum absolute atomic E-state index is 5.91. The fourth-order valence-corrected chi connectivity index (χ4v) is 2.95. The number of benzene rings is 1. The molecule has 0 aliphatic heterocycles. The molecule has 18 heavy (non-hydrogen) atoms.